The average Bonchev–Trinajstić information content (AvgIpc) is 2.75. The molecule has 6 heteroatoms. The van der Waals surface area contributed by atoms with Crippen molar-refractivity contribution in [1.29, 1.82) is 0 Å². The molecular formula is C23H29N3O3. The highest BCUT2D eigenvalue weighted by atomic mass is 16.5. The molecule has 29 heavy (non-hydrogen) atoms. The zero-order valence-corrected chi connectivity index (χ0v) is 17.0. The summed E-state index contributed by atoms with van der Waals surface area (Å²) in [6.45, 7) is 6.93. The summed E-state index contributed by atoms with van der Waals surface area (Å²) >= 11 is 0. The number of hydrogen-bond donors (Lipinski definition) is 1. The Kier molecular flexibility index (Phi) is 7.64. The number of rotatable bonds is 8. The number of carbonyl (C=O) groups is 2. The standard InChI is InChI=1S/C23H29N3O3/c1-19-6-5-7-20(18-19)23(28)24-11-10-22(27)26-14-12-25(13-15-26)16-17-29-21-8-3-2-4-9-21/h2-9,18H,10-17H2,1H3,(H,24,28). The Morgan fingerprint density at radius 1 is 1.00 bits per heavy atom. The minimum absolute atomic E-state index is 0.0923. The first kappa shape index (κ1) is 20.9. The van der Waals surface area contributed by atoms with Crippen LogP contribution in [0.2, 0.25) is 0 Å². The molecule has 0 aliphatic carbocycles. The van der Waals surface area contributed by atoms with Gasteiger partial charge < -0.3 is 15.0 Å². The van der Waals surface area contributed by atoms with Gasteiger partial charge >= 0.3 is 0 Å². The normalized spacial score (nSPS) is 14.4. The Hall–Kier alpha value is -2.86. The van der Waals surface area contributed by atoms with Crippen LogP contribution >= 0.6 is 0 Å². The molecule has 0 spiro atoms. The molecule has 2 aromatic carbocycles. The van der Waals surface area contributed by atoms with Crippen LogP contribution < -0.4 is 10.1 Å². The molecule has 6 nitrogen and oxygen atoms in total. The fourth-order valence-electron chi connectivity index (χ4n) is 3.36. The highest BCUT2D eigenvalue weighted by molar-refractivity contribution is 5.94. The van der Waals surface area contributed by atoms with Gasteiger partial charge in [0.05, 0.1) is 0 Å². The lowest BCUT2D eigenvalue weighted by Crippen LogP contribution is -2.50. The number of nitrogens with zero attached hydrogens (tertiary/aromatic N) is 2. The van der Waals surface area contributed by atoms with Gasteiger partial charge in [0.25, 0.3) is 5.91 Å². The van der Waals surface area contributed by atoms with Crippen molar-refractivity contribution in [3.63, 3.8) is 0 Å². The quantitative estimate of drug-likeness (QED) is 0.745. The van der Waals surface area contributed by atoms with Crippen LogP contribution in [-0.2, 0) is 4.79 Å². The second kappa shape index (κ2) is 10.6. The van der Waals surface area contributed by atoms with Crippen molar-refractivity contribution in [2.45, 2.75) is 13.3 Å². The molecule has 1 aliphatic rings. The van der Waals surface area contributed by atoms with E-state index in [1.165, 1.54) is 0 Å². The first-order valence-electron chi connectivity index (χ1n) is 10.1. The maximum atomic E-state index is 12.4. The number of amides is 2. The second-order valence-corrected chi connectivity index (χ2v) is 7.26. The molecule has 1 heterocycles. The number of nitrogens with one attached hydrogen (secondary N) is 1. The Bertz CT molecular complexity index is 802. The van der Waals surface area contributed by atoms with E-state index < -0.39 is 0 Å². The van der Waals surface area contributed by atoms with Crippen LogP contribution in [0.1, 0.15) is 22.3 Å². The molecule has 1 fully saturated rings. The highest BCUT2D eigenvalue weighted by Crippen LogP contribution is 2.09. The van der Waals surface area contributed by atoms with Crippen LogP contribution in [0.25, 0.3) is 0 Å². The van der Waals surface area contributed by atoms with Crippen LogP contribution in [0, 0.1) is 6.92 Å². The maximum Gasteiger partial charge on any atom is 0.251 e. The van der Waals surface area contributed by atoms with Crippen LogP contribution in [0.15, 0.2) is 54.6 Å². The van der Waals surface area contributed by atoms with E-state index in [9.17, 15) is 9.59 Å². The molecule has 0 atom stereocenters. The van der Waals surface area contributed by atoms with Gasteiger partial charge in [0.2, 0.25) is 5.91 Å². The van der Waals surface area contributed by atoms with Gasteiger partial charge in [-0.3, -0.25) is 14.5 Å². The Balaban J connectivity index is 1.31. The smallest absolute Gasteiger partial charge is 0.251 e. The highest BCUT2D eigenvalue weighted by Gasteiger charge is 2.20. The molecule has 0 saturated carbocycles. The third-order valence-electron chi connectivity index (χ3n) is 5.05. The summed E-state index contributed by atoms with van der Waals surface area (Å²) in [5.74, 6) is 0.841. The monoisotopic (exact) mass is 395 g/mol. The van der Waals surface area contributed by atoms with Crippen LogP contribution in [0.4, 0.5) is 0 Å². The number of para-hydroxylation sites is 1. The lowest BCUT2D eigenvalue weighted by Gasteiger charge is -2.34. The van der Waals surface area contributed by atoms with Crippen molar-refractivity contribution in [1.82, 2.24) is 15.1 Å². The van der Waals surface area contributed by atoms with Gasteiger partial charge in [-0.25, -0.2) is 0 Å². The summed E-state index contributed by atoms with van der Waals surface area (Å²) in [6.07, 6.45) is 0.328. The molecule has 154 valence electrons. The predicted molar refractivity (Wildman–Crippen MR) is 113 cm³/mol. The summed E-state index contributed by atoms with van der Waals surface area (Å²) in [5, 5.41) is 2.84. The number of piperazine rings is 1. The molecule has 1 saturated heterocycles. The maximum absolute atomic E-state index is 12.4. The molecule has 2 aromatic rings. The van der Waals surface area contributed by atoms with Gasteiger partial charge in [-0.2, -0.15) is 0 Å². The van der Waals surface area contributed by atoms with E-state index in [2.05, 4.69) is 10.2 Å². The van der Waals surface area contributed by atoms with Gasteiger partial charge in [0, 0.05) is 51.3 Å². The van der Waals surface area contributed by atoms with Crippen molar-refractivity contribution >= 4 is 11.8 Å². The number of carbonyl (C=O) groups excluding carboxylic acids is 2. The Morgan fingerprint density at radius 2 is 1.76 bits per heavy atom. The zero-order chi connectivity index (χ0) is 20.5. The Morgan fingerprint density at radius 3 is 2.48 bits per heavy atom. The van der Waals surface area contributed by atoms with Gasteiger partial charge in [-0.05, 0) is 31.2 Å². The minimum Gasteiger partial charge on any atom is -0.492 e. The topological polar surface area (TPSA) is 61.9 Å². The first-order valence-corrected chi connectivity index (χ1v) is 10.1. The minimum atomic E-state index is -0.135. The predicted octanol–water partition coefficient (Wildman–Crippen LogP) is 2.34. The molecule has 0 aromatic heterocycles. The SMILES string of the molecule is Cc1cccc(C(=O)NCCC(=O)N2CCN(CCOc3ccccc3)CC2)c1. The molecular weight excluding hydrogens is 366 g/mol. The fourth-order valence-corrected chi connectivity index (χ4v) is 3.36. The molecule has 1 N–H and O–H groups in total. The Labute approximate surface area is 172 Å². The van der Waals surface area contributed by atoms with E-state index in [1.54, 1.807) is 6.07 Å². The molecule has 3 rings (SSSR count). The van der Waals surface area contributed by atoms with E-state index in [1.807, 2.05) is 60.4 Å². The lowest BCUT2D eigenvalue weighted by molar-refractivity contribution is -0.132. The van der Waals surface area contributed by atoms with Gasteiger partial charge in [0.1, 0.15) is 12.4 Å². The number of aryl methyl sites for hydroxylation is 1. The third kappa shape index (κ3) is 6.61. The fraction of sp³-hybridized carbons (Fsp3) is 0.391. The molecule has 0 bridgehead atoms. The van der Waals surface area contributed by atoms with Crippen molar-refractivity contribution < 1.29 is 14.3 Å². The molecule has 1 aliphatic heterocycles. The lowest BCUT2D eigenvalue weighted by atomic mass is 10.1. The van der Waals surface area contributed by atoms with Crippen LogP contribution in [0.3, 0.4) is 0 Å². The number of ether oxygens (including phenoxy) is 1. The summed E-state index contributed by atoms with van der Waals surface area (Å²) in [4.78, 5) is 28.7. The van der Waals surface area contributed by atoms with E-state index in [0.29, 0.717) is 25.1 Å². The summed E-state index contributed by atoms with van der Waals surface area (Å²) in [7, 11) is 0. The first-order chi connectivity index (χ1) is 14.1. The van der Waals surface area contributed by atoms with E-state index >= 15 is 0 Å². The van der Waals surface area contributed by atoms with E-state index in [4.69, 9.17) is 4.74 Å². The molecule has 2 amide bonds. The van der Waals surface area contributed by atoms with Crippen molar-refractivity contribution in [2.24, 2.45) is 0 Å². The van der Waals surface area contributed by atoms with Crippen LogP contribution in [0.5, 0.6) is 5.75 Å². The summed E-state index contributed by atoms with van der Waals surface area (Å²) < 4.78 is 5.74. The zero-order valence-electron chi connectivity index (χ0n) is 17.0. The number of benzene rings is 2. The van der Waals surface area contributed by atoms with Crippen molar-refractivity contribution in [3.05, 3.63) is 65.7 Å². The second-order valence-electron chi connectivity index (χ2n) is 7.26. The average molecular weight is 396 g/mol. The molecule has 0 radical (unpaired) electrons. The van der Waals surface area contributed by atoms with Crippen molar-refractivity contribution in [3.8, 4) is 5.75 Å². The van der Waals surface area contributed by atoms with E-state index in [-0.39, 0.29) is 11.8 Å². The third-order valence-corrected chi connectivity index (χ3v) is 5.05. The van der Waals surface area contributed by atoms with Crippen molar-refractivity contribution in [2.75, 3.05) is 45.9 Å². The van der Waals surface area contributed by atoms with Crippen LogP contribution in [-0.4, -0.2) is 67.5 Å². The van der Waals surface area contributed by atoms with E-state index in [0.717, 1.165) is 44.0 Å². The largest absolute Gasteiger partial charge is 0.492 e. The van der Waals surface area contributed by atoms with Gasteiger partial charge in [-0.15, -0.1) is 0 Å². The summed E-state index contributed by atoms with van der Waals surface area (Å²) in [5.41, 5.74) is 1.67. The van der Waals surface area contributed by atoms with Gasteiger partial charge in [-0.1, -0.05) is 35.9 Å². The summed E-state index contributed by atoms with van der Waals surface area (Å²) in [6, 6.07) is 17.2. The molecule has 0 unspecified atom stereocenters. The van der Waals surface area contributed by atoms with Gasteiger partial charge in [0.15, 0.2) is 0 Å². The number of hydrogen-bond acceptors (Lipinski definition) is 4.